The van der Waals surface area contributed by atoms with Gasteiger partial charge in [-0.2, -0.15) is 4.31 Å². The molecule has 1 aromatic heterocycles. The molecule has 0 spiro atoms. The third-order valence-electron chi connectivity index (χ3n) is 3.34. The maximum absolute atomic E-state index is 12.8. The zero-order valence-electron chi connectivity index (χ0n) is 11.9. The Kier molecular flexibility index (Phi) is 5.59. The summed E-state index contributed by atoms with van der Waals surface area (Å²) >= 11 is 3.27. The smallest absolute Gasteiger partial charge is 0.246 e. The lowest BCUT2D eigenvalue weighted by Crippen LogP contribution is -2.42. The van der Waals surface area contributed by atoms with Gasteiger partial charge in [-0.25, -0.2) is 13.4 Å². The SMILES string of the molecule is CCCNc1ncc(Br)cc1S(=O)(=O)N1CCCC(O)C1. The van der Waals surface area contributed by atoms with Gasteiger partial charge >= 0.3 is 0 Å². The second-order valence-corrected chi connectivity index (χ2v) is 7.91. The highest BCUT2D eigenvalue weighted by Gasteiger charge is 2.31. The number of sulfonamides is 1. The highest BCUT2D eigenvalue weighted by Crippen LogP contribution is 2.28. The molecule has 118 valence electrons. The van der Waals surface area contributed by atoms with E-state index >= 15 is 0 Å². The molecule has 21 heavy (non-hydrogen) atoms. The molecule has 1 aromatic rings. The van der Waals surface area contributed by atoms with Crippen molar-refractivity contribution in [2.75, 3.05) is 25.0 Å². The van der Waals surface area contributed by atoms with Crippen molar-refractivity contribution in [3.05, 3.63) is 16.7 Å². The van der Waals surface area contributed by atoms with Crippen molar-refractivity contribution in [1.82, 2.24) is 9.29 Å². The van der Waals surface area contributed by atoms with Gasteiger partial charge in [0.05, 0.1) is 6.10 Å². The number of β-amino-alcohol motifs (C(OH)–C–C–N with tert-alkyl or cyclic N) is 1. The number of aliphatic hydroxyl groups excluding tert-OH is 1. The molecule has 2 N–H and O–H groups in total. The van der Waals surface area contributed by atoms with Crippen LogP contribution in [-0.2, 0) is 10.0 Å². The molecule has 0 aliphatic carbocycles. The Bertz CT molecular complexity index is 594. The van der Waals surface area contributed by atoms with Crippen LogP contribution in [0.2, 0.25) is 0 Å². The Morgan fingerprint density at radius 2 is 2.33 bits per heavy atom. The molecule has 2 heterocycles. The van der Waals surface area contributed by atoms with E-state index in [1.807, 2.05) is 6.92 Å². The maximum atomic E-state index is 12.8. The molecule has 2 rings (SSSR count). The third-order valence-corrected chi connectivity index (χ3v) is 5.65. The van der Waals surface area contributed by atoms with Crippen molar-refractivity contribution in [3.8, 4) is 0 Å². The molecule has 1 unspecified atom stereocenters. The van der Waals surface area contributed by atoms with E-state index in [2.05, 4.69) is 26.2 Å². The summed E-state index contributed by atoms with van der Waals surface area (Å²) in [5.41, 5.74) is 0. The fraction of sp³-hybridized carbons (Fsp3) is 0.615. The van der Waals surface area contributed by atoms with Crippen LogP contribution in [0.1, 0.15) is 26.2 Å². The van der Waals surface area contributed by atoms with E-state index in [4.69, 9.17) is 0 Å². The van der Waals surface area contributed by atoms with Crippen LogP contribution in [0.3, 0.4) is 0 Å². The molecular weight excluding hydrogens is 358 g/mol. The van der Waals surface area contributed by atoms with Gasteiger partial charge in [0.15, 0.2) is 0 Å². The van der Waals surface area contributed by atoms with Crippen LogP contribution >= 0.6 is 15.9 Å². The largest absolute Gasteiger partial charge is 0.392 e. The molecule has 0 amide bonds. The highest BCUT2D eigenvalue weighted by molar-refractivity contribution is 9.10. The van der Waals surface area contributed by atoms with E-state index in [1.165, 1.54) is 4.31 Å². The maximum Gasteiger partial charge on any atom is 0.246 e. The average Bonchev–Trinajstić information content (AvgIpc) is 2.46. The standard InChI is InChI=1S/C13H20BrN3O3S/c1-2-5-15-13-12(7-10(14)8-16-13)21(19,20)17-6-3-4-11(18)9-17/h7-8,11,18H,2-6,9H2,1H3,(H,15,16). The molecule has 8 heteroatoms. The van der Waals surface area contributed by atoms with Gasteiger partial charge in [-0.1, -0.05) is 6.92 Å². The number of aromatic nitrogens is 1. The van der Waals surface area contributed by atoms with Crippen LogP contribution in [0.15, 0.2) is 21.6 Å². The van der Waals surface area contributed by atoms with Crippen LogP contribution in [0.25, 0.3) is 0 Å². The van der Waals surface area contributed by atoms with E-state index in [0.717, 1.165) is 6.42 Å². The Hall–Kier alpha value is -0.700. The summed E-state index contributed by atoms with van der Waals surface area (Å²) < 4.78 is 27.5. The summed E-state index contributed by atoms with van der Waals surface area (Å²) in [5, 5.41) is 12.8. The van der Waals surface area contributed by atoms with Gasteiger partial charge in [-0.05, 0) is 41.3 Å². The molecule has 0 saturated carbocycles. The summed E-state index contributed by atoms with van der Waals surface area (Å²) in [6, 6.07) is 1.56. The minimum absolute atomic E-state index is 0.141. The van der Waals surface area contributed by atoms with Crippen molar-refractivity contribution in [2.24, 2.45) is 0 Å². The van der Waals surface area contributed by atoms with Crippen molar-refractivity contribution in [1.29, 1.82) is 0 Å². The first-order chi connectivity index (χ1) is 9.95. The summed E-state index contributed by atoms with van der Waals surface area (Å²) in [5.74, 6) is 0.361. The summed E-state index contributed by atoms with van der Waals surface area (Å²) in [6.07, 6.45) is 3.16. The fourth-order valence-corrected chi connectivity index (χ4v) is 4.42. The van der Waals surface area contributed by atoms with Gasteiger partial charge in [0.1, 0.15) is 10.7 Å². The highest BCUT2D eigenvalue weighted by atomic mass is 79.9. The number of rotatable bonds is 5. The van der Waals surface area contributed by atoms with Crippen LogP contribution in [0.5, 0.6) is 0 Å². The Balaban J connectivity index is 2.35. The number of pyridine rings is 1. The first kappa shape index (κ1) is 16.7. The zero-order valence-corrected chi connectivity index (χ0v) is 14.3. The molecule has 0 bridgehead atoms. The third kappa shape index (κ3) is 3.94. The number of nitrogens with zero attached hydrogens (tertiary/aromatic N) is 2. The van der Waals surface area contributed by atoms with Crippen LogP contribution in [-0.4, -0.2) is 48.6 Å². The number of aliphatic hydroxyl groups is 1. The van der Waals surface area contributed by atoms with Crippen LogP contribution in [0, 0.1) is 0 Å². The number of hydrogen-bond acceptors (Lipinski definition) is 5. The number of nitrogens with one attached hydrogen (secondary N) is 1. The first-order valence-corrected chi connectivity index (χ1v) is 9.26. The lowest BCUT2D eigenvalue weighted by atomic mass is 10.1. The molecular formula is C13H20BrN3O3S. The lowest BCUT2D eigenvalue weighted by Gasteiger charge is -2.29. The Labute approximate surface area is 133 Å². The van der Waals surface area contributed by atoms with E-state index in [9.17, 15) is 13.5 Å². The number of piperidine rings is 1. The van der Waals surface area contributed by atoms with Gasteiger partial charge in [-0.3, -0.25) is 0 Å². The molecule has 6 nitrogen and oxygen atoms in total. The van der Waals surface area contributed by atoms with E-state index in [0.29, 0.717) is 36.2 Å². The van der Waals surface area contributed by atoms with Gasteiger partial charge in [0, 0.05) is 30.3 Å². The van der Waals surface area contributed by atoms with Gasteiger partial charge < -0.3 is 10.4 Å². The lowest BCUT2D eigenvalue weighted by molar-refractivity contribution is 0.108. The normalized spacial score (nSPS) is 20.4. The average molecular weight is 378 g/mol. The second kappa shape index (κ2) is 7.04. The van der Waals surface area contributed by atoms with Crippen molar-refractivity contribution in [2.45, 2.75) is 37.2 Å². The molecule has 1 atom stereocenters. The quantitative estimate of drug-likeness (QED) is 0.817. The first-order valence-electron chi connectivity index (χ1n) is 7.02. The predicted molar refractivity (Wildman–Crippen MR) is 84.7 cm³/mol. The summed E-state index contributed by atoms with van der Waals surface area (Å²) in [7, 11) is -3.66. The van der Waals surface area contributed by atoms with Crippen molar-refractivity contribution in [3.63, 3.8) is 0 Å². The van der Waals surface area contributed by atoms with E-state index < -0.39 is 16.1 Å². The van der Waals surface area contributed by atoms with Gasteiger partial charge in [0.25, 0.3) is 0 Å². The summed E-state index contributed by atoms with van der Waals surface area (Å²) in [4.78, 5) is 4.32. The number of halogens is 1. The monoisotopic (exact) mass is 377 g/mol. The van der Waals surface area contributed by atoms with Crippen molar-refractivity contribution < 1.29 is 13.5 Å². The summed E-state index contributed by atoms with van der Waals surface area (Å²) in [6.45, 7) is 3.22. The minimum Gasteiger partial charge on any atom is -0.392 e. The van der Waals surface area contributed by atoms with Gasteiger partial charge in [-0.15, -0.1) is 0 Å². The van der Waals surface area contributed by atoms with Crippen molar-refractivity contribution >= 4 is 31.8 Å². The zero-order chi connectivity index (χ0) is 15.5. The fourth-order valence-electron chi connectivity index (χ4n) is 2.27. The topological polar surface area (TPSA) is 82.5 Å². The van der Waals surface area contributed by atoms with E-state index in [1.54, 1.807) is 12.3 Å². The Morgan fingerprint density at radius 3 is 3.00 bits per heavy atom. The van der Waals surface area contributed by atoms with Crippen LogP contribution < -0.4 is 5.32 Å². The van der Waals surface area contributed by atoms with Crippen LogP contribution in [0.4, 0.5) is 5.82 Å². The van der Waals surface area contributed by atoms with Gasteiger partial charge in [0.2, 0.25) is 10.0 Å². The predicted octanol–water partition coefficient (Wildman–Crippen LogP) is 1.81. The molecule has 0 radical (unpaired) electrons. The molecule has 1 aliphatic rings. The number of hydrogen-bond donors (Lipinski definition) is 2. The molecule has 1 fully saturated rings. The molecule has 0 aromatic carbocycles. The minimum atomic E-state index is -3.66. The number of anilines is 1. The van der Waals surface area contributed by atoms with E-state index in [-0.39, 0.29) is 11.4 Å². The molecule has 1 aliphatic heterocycles. The molecule has 1 saturated heterocycles. The Morgan fingerprint density at radius 1 is 1.57 bits per heavy atom. The second-order valence-electron chi connectivity index (χ2n) is 5.09.